The van der Waals surface area contributed by atoms with Gasteiger partial charge in [-0.1, -0.05) is 0 Å². The molecule has 3 heteroatoms. The summed E-state index contributed by atoms with van der Waals surface area (Å²) >= 11 is 0. The van der Waals surface area contributed by atoms with Crippen LogP contribution in [0.15, 0.2) is 24.2 Å². The van der Waals surface area contributed by atoms with Crippen LogP contribution >= 0.6 is 0 Å². The molecule has 0 saturated carbocycles. The number of hydrogen-bond donors (Lipinski definition) is 0. The topological polar surface area (TPSA) is 14.1 Å². The van der Waals surface area contributed by atoms with Crippen molar-refractivity contribution < 1.29 is 32.7 Å². The summed E-state index contributed by atoms with van der Waals surface area (Å²) in [5.74, 6) is 2.03. The monoisotopic (exact) mass is 274 g/mol. The van der Waals surface area contributed by atoms with Gasteiger partial charge in [-0.05, 0) is 0 Å². The van der Waals surface area contributed by atoms with E-state index in [0.717, 1.165) is 5.41 Å². The van der Waals surface area contributed by atoms with Gasteiger partial charge in [0.25, 0.3) is 0 Å². The molecule has 0 N–H and O–H groups in total. The minimum absolute atomic E-state index is 0. The second-order valence-corrected chi connectivity index (χ2v) is 4.45. The maximum Gasteiger partial charge on any atom is 0 e. The third kappa shape index (κ3) is 3.26. The van der Waals surface area contributed by atoms with Gasteiger partial charge in [-0.2, -0.15) is 0 Å². The Kier molecular flexibility index (Phi) is 5.43. The van der Waals surface area contributed by atoms with Crippen molar-refractivity contribution in [2.24, 2.45) is 0 Å². The molecule has 0 saturated heterocycles. The maximum absolute atomic E-state index is 4.58. The third-order valence-electron chi connectivity index (χ3n) is 2.24. The van der Waals surface area contributed by atoms with Crippen LogP contribution in [0.2, 0.25) is 0 Å². The van der Waals surface area contributed by atoms with Crippen LogP contribution in [0.5, 0.6) is 0 Å². The molecule has 2 aromatic rings. The zero-order valence-corrected chi connectivity index (χ0v) is 12.7. The number of hydrogen-bond acceptors (Lipinski definition) is 0. The summed E-state index contributed by atoms with van der Waals surface area (Å²) in [5, 5.41) is 1.24. The van der Waals surface area contributed by atoms with Gasteiger partial charge in [0.05, 0.1) is 0 Å². The summed E-state index contributed by atoms with van der Waals surface area (Å²) in [7, 11) is 0. The van der Waals surface area contributed by atoms with Crippen molar-refractivity contribution >= 4 is 17.7 Å². The molecule has 1 radical (unpaired) electrons. The van der Waals surface area contributed by atoms with Gasteiger partial charge in [-0.3, -0.25) is 0 Å². The third-order valence-corrected chi connectivity index (χ3v) is 2.24. The van der Waals surface area contributed by atoms with Crippen LogP contribution < -0.4 is 4.98 Å². The van der Waals surface area contributed by atoms with E-state index in [9.17, 15) is 0 Å². The maximum atomic E-state index is 4.58. The van der Waals surface area contributed by atoms with E-state index in [4.69, 9.17) is 0 Å². The standard InChI is InChI=1S/C11H13BN.CH3.Y/c1-11(2,3)9-7-8-5-4-6-12-10(8)13-9;;/h4-7H,1-3H3;1H3;/q2*-1;. The Morgan fingerprint density at radius 1 is 1.27 bits per heavy atom. The van der Waals surface area contributed by atoms with E-state index in [0.29, 0.717) is 0 Å². The van der Waals surface area contributed by atoms with Gasteiger partial charge in [-0.15, -0.1) is 0 Å². The van der Waals surface area contributed by atoms with E-state index in [1.165, 1.54) is 11.1 Å². The zero-order valence-electron chi connectivity index (χ0n) is 9.91. The van der Waals surface area contributed by atoms with Crippen molar-refractivity contribution in [2.75, 3.05) is 0 Å². The van der Waals surface area contributed by atoms with Crippen LogP contribution in [-0.4, -0.2) is 6.91 Å². The second-order valence-electron chi connectivity index (χ2n) is 4.45. The van der Waals surface area contributed by atoms with Crippen molar-refractivity contribution in [1.82, 2.24) is 4.98 Å². The van der Waals surface area contributed by atoms with E-state index in [1.54, 1.807) is 0 Å². The van der Waals surface area contributed by atoms with Crippen LogP contribution in [0.1, 0.15) is 26.5 Å². The van der Waals surface area contributed by atoms with Crippen molar-refractivity contribution in [3.05, 3.63) is 37.3 Å². The molecule has 0 aliphatic rings. The molecule has 0 bridgehead atoms. The Morgan fingerprint density at radius 3 is 2.47 bits per heavy atom. The smallest absolute Gasteiger partial charge is 0 e. The molecule has 0 spiro atoms. The largest absolute Gasteiger partial charge is 0.358 e. The van der Waals surface area contributed by atoms with Crippen LogP contribution in [-0.2, 0) is 38.1 Å². The van der Waals surface area contributed by atoms with E-state index < -0.39 is 0 Å². The normalized spacial score (nSPS) is 10.3. The molecule has 2 rings (SSSR count). The molecule has 2 heterocycles. The zero-order chi connectivity index (χ0) is 9.47. The Hall–Kier alpha value is 0.0588. The molecule has 0 atom stereocenters. The molecule has 15 heavy (non-hydrogen) atoms. The van der Waals surface area contributed by atoms with Crippen LogP contribution in [0.4, 0.5) is 0 Å². The summed E-state index contributed by atoms with van der Waals surface area (Å²) in [5.41, 5.74) is 2.43. The minimum atomic E-state index is 0. The summed E-state index contributed by atoms with van der Waals surface area (Å²) in [6.45, 7) is 8.63. The Labute approximate surface area is 118 Å². The van der Waals surface area contributed by atoms with Gasteiger partial charge in [0.2, 0.25) is 0 Å². The SMILES string of the molecule is CC(C)(C)c1cc2cccbc2[n-]1.[CH3-].[Y]. The van der Waals surface area contributed by atoms with Crippen molar-refractivity contribution in [3.8, 4) is 0 Å². The molecule has 0 aliphatic heterocycles. The molecule has 1 nitrogen and oxygen atoms in total. The van der Waals surface area contributed by atoms with Crippen molar-refractivity contribution in [3.63, 3.8) is 0 Å². The molecule has 2 aromatic heterocycles. The molecule has 0 aromatic carbocycles. The molecule has 77 valence electrons. The second kappa shape index (κ2) is 5.41. The quantitative estimate of drug-likeness (QED) is 0.674. The van der Waals surface area contributed by atoms with Gasteiger partial charge in [0.1, 0.15) is 0 Å². The first-order valence-corrected chi connectivity index (χ1v) is 4.60. The average molecular weight is 274 g/mol. The van der Waals surface area contributed by atoms with E-state index >= 15 is 0 Å². The van der Waals surface area contributed by atoms with Crippen molar-refractivity contribution in [1.29, 1.82) is 0 Å². The predicted molar refractivity (Wildman–Crippen MR) is 63.7 cm³/mol. The van der Waals surface area contributed by atoms with E-state index in [1.807, 2.05) is 5.96 Å². The fourth-order valence-corrected chi connectivity index (χ4v) is 1.40. The van der Waals surface area contributed by atoms with Gasteiger partial charge >= 0.3 is 78.7 Å². The fourth-order valence-electron chi connectivity index (χ4n) is 1.40. The van der Waals surface area contributed by atoms with E-state index in [2.05, 4.69) is 50.9 Å². The van der Waals surface area contributed by atoms with Crippen LogP contribution in [0.25, 0.3) is 10.8 Å². The molecule has 0 aliphatic carbocycles. The number of nitrogens with zero attached hydrogens (tertiary/aromatic N) is 1. The van der Waals surface area contributed by atoms with Crippen LogP contribution in [0.3, 0.4) is 0 Å². The molecule has 0 fully saturated rings. The minimum Gasteiger partial charge on any atom is -0.358 e. The molecular weight excluding hydrogens is 258 g/mol. The molecule has 0 amide bonds. The van der Waals surface area contributed by atoms with Crippen LogP contribution in [0, 0.1) is 7.43 Å². The van der Waals surface area contributed by atoms with Gasteiger partial charge in [0, 0.05) is 32.7 Å². The Balaban J connectivity index is 0.000000980. The number of fused-ring (bicyclic) bond motifs is 1. The average Bonchev–Trinajstić information content (AvgIpc) is 2.45. The summed E-state index contributed by atoms with van der Waals surface area (Å²) in [4.78, 5) is 4.58. The summed E-state index contributed by atoms with van der Waals surface area (Å²) in [6, 6.07) is 6.34. The molecular formula is C12H16BNY-2. The Morgan fingerprint density at radius 2 is 1.93 bits per heavy atom. The predicted octanol–water partition coefficient (Wildman–Crippen LogP) is 2.88. The van der Waals surface area contributed by atoms with Gasteiger partial charge in [0.15, 0.2) is 0 Å². The number of rotatable bonds is 0. The van der Waals surface area contributed by atoms with Gasteiger partial charge < -0.3 is 7.43 Å². The summed E-state index contributed by atoms with van der Waals surface area (Å²) < 4.78 is 0. The van der Waals surface area contributed by atoms with E-state index in [-0.39, 0.29) is 45.6 Å². The van der Waals surface area contributed by atoms with Crippen molar-refractivity contribution in [2.45, 2.75) is 26.2 Å². The first-order chi connectivity index (χ1) is 6.07. The first kappa shape index (κ1) is 15.1. The fraction of sp³-hybridized carbons (Fsp3) is 0.333. The Bertz CT molecular complexity index is 395. The summed E-state index contributed by atoms with van der Waals surface area (Å²) in [6.07, 6.45) is 0. The first-order valence-electron chi connectivity index (χ1n) is 4.60. The number of aromatic nitrogens is 1. The molecule has 0 unspecified atom stereocenters. The van der Waals surface area contributed by atoms with Gasteiger partial charge in [-0.25, -0.2) is 0 Å².